The highest BCUT2D eigenvalue weighted by Crippen LogP contribution is 2.16. The van der Waals surface area contributed by atoms with Gasteiger partial charge in [-0.2, -0.15) is 0 Å². The first-order valence-corrected chi connectivity index (χ1v) is 7.54. The Labute approximate surface area is 138 Å². The molecule has 0 bridgehead atoms. The zero-order valence-electron chi connectivity index (χ0n) is 13.6. The van der Waals surface area contributed by atoms with Gasteiger partial charge in [0.2, 0.25) is 5.91 Å². The van der Waals surface area contributed by atoms with Crippen LogP contribution in [0.2, 0.25) is 0 Å². The average molecular weight is 342 g/mol. The van der Waals surface area contributed by atoms with Crippen LogP contribution in [0, 0.1) is 11.6 Å². The van der Waals surface area contributed by atoms with Crippen LogP contribution in [-0.2, 0) is 14.3 Å². The van der Waals surface area contributed by atoms with Crippen molar-refractivity contribution in [2.75, 3.05) is 33.9 Å². The maximum atomic E-state index is 13.7. The summed E-state index contributed by atoms with van der Waals surface area (Å²) in [5.41, 5.74) is -0.632. The van der Waals surface area contributed by atoms with Gasteiger partial charge < -0.3 is 19.7 Å². The standard InChI is InChI=1S/C16H20F2N2O4/c1-20(2)14(21)9-24-13-8-23-7-6-12(13)19-16(22)15-10(17)4-3-5-11(15)18/h3-5,12-13H,6-9H2,1-2H3,(H,19,22)/t12-,13-/m0/s1. The van der Waals surface area contributed by atoms with Gasteiger partial charge in [0.25, 0.3) is 5.91 Å². The van der Waals surface area contributed by atoms with Crippen molar-refractivity contribution in [2.45, 2.75) is 18.6 Å². The van der Waals surface area contributed by atoms with Crippen molar-refractivity contribution in [2.24, 2.45) is 0 Å². The molecule has 0 unspecified atom stereocenters. The second-order valence-corrected chi connectivity index (χ2v) is 5.68. The number of hydrogen-bond donors (Lipinski definition) is 1. The highest BCUT2D eigenvalue weighted by molar-refractivity contribution is 5.95. The molecule has 0 aliphatic carbocycles. The van der Waals surface area contributed by atoms with Gasteiger partial charge in [-0.05, 0) is 18.6 Å². The molecule has 0 radical (unpaired) electrons. The number of carbonyl (C=O) groups is 2. The van der Waals surface area contributed by atoms with Crippen molar-refractivity contribution < 1.29 is 27.8 Å². The number of amides is 2. The van der Waals surface area contributed by atoms with Crippen LogP contribution in [0.5, 0.6) is 0 Å². The summed E-state index contributed by atoms with van der Waals surface area (Å²) in [5.74, 6) is -2.95. The van der Waals surface area contributed by atoms with Crippen molar-refractivity contribution in [3.8, 4) is 0 Å². The summed E-state index contributed by atoms with van der Waals surface area (Å²) in [4.78, 5) is 25.2. The zero-order valence-corrected chi connectivity index (χ0v) is 13.6. The minimum atomic E-state index is -0.931. The Hall–Kier alpha value is -2.06. The van der Waals surface area contributed by atoms with E-state index in [-0.39, 0.29) is 19.1 Å². The van der Waals surface area contributed by atoms with Crippen molar-refractivity contribution in [1.29, 1.82) is 0 Å². The second kappa shape index (κ2) is 8.16. The summed E-state index contributed by atoms with van der Waals surface area (Å²) in [6.45, 7) is 0.402. The van der Waals surface area contributed by atoms with Crippen molar-refractivity contribution in [1.82, 2.24) is 10.2 Å². The predicted molar refractivity (Wildman–Crippen MR) is 81.5 cm³/mol. The minimum absolute atomic E-state index is 0.165. The summed E-state index contributed by atoms with van der Waals surface area (Å²) in [6, 6.07) is 2.73. The topological polar surface area (TPSA) is 67.9 Å². The average Bonchev–Trinajstić information content (AvgIpc) is 2.53. The number of nitrogens with one attached hydrogen (secondary N) is 1. The molecule has 0 aromatic heterocycles. The van der Waals surface area contributed by atoms with E-state index in [4.69, 9.17) is 9.47 Å². The smallest absolute Gasteiger partial charge is 0.257 e. The SMILES string of the molecule is CN(C)C(=O)CO[C@H]1COCC[C@@H]1NC(=O)c1c(F)cccc1F. The maximum Gasteiger partial charge on any atom is 0.257 e. The number of rotatable bonds is 5. The highest BCUT2D eigenvalue weighted by Gasteiger charge is 2.30. The van der Waals surface area contributed by atoms with Gasteiger partial charge in [0, 0.05) is 20.7 Å². The summed E-state index contributed by atoms with van der Waals surface area (Å²) in [5, 5.41) is 2.57. The molecular weight excluding hydrogens is 322 g/mol. The van der Waals surface area contributed by atoms with Crippen LogP contribution in [-0.4, -0.2) is 62.8 Å². The van der Waals surface area contributed by atoms with Crippen LogP contribution in [0.15, 0.2) is 18.2 Å². The van der Waals surface area contributed by atoms with Crippen LogP contribution in [0.3, 0.4) is 0 Å². The number of benzene rings is 1. The summed E-state index contributed by atoms with van der Waals surface area (Å²) < 4.78 is 38.2. The molecule has 8 heteroatoms. The molecule has 0 spiro atoms. The molecule has 1 heterocycles. The lowest BCUT2D eigenvalue weighted by atomic mass is 10.0. The Morgan fingerprint density at radius 2 is 2.00 bits per heavy atom. The molecule has 1 aromatic rings. The molecule has 1 fully saturated rings. The molecule has 2 amide bonds. The molecule has 0 saturated carbocycles. The van der Waals surface area contributed by atoms with E-state index < -0.39 is 35.3 Å². The van der Waals surface area contributed by atoms with Gasteiger partial charge in [0.1, 0.15) is 29.9 Å². The quantitative estimate of drug-likeness (QED) is 0.865. The molecule has 2 rings (SSSR count). The summed E-state index contributed by atoms with van der Waals surface area (Å²) >= 11 is 0. The third-order valence-electron chi connectivity index (χ3n) is 3.73. The van der Waals surface area contributed by atoms with Gasteiger partial charge in [0.15, 0.2) is 0 Å². The number of likely N-dealkylation sites (N-methyl/N-ethyl adjacent to an activating group) is 1. The maximum absolute atomic E-state index is 13.7. The van der Waals surface area contributed by atoms with Gasteiger partial charge in [-0.15, -0.1) is 0 Å². The van der Waals surface area contributed by atoms with Gasteiger partial charge in [-0.3, -0.25) is 9.59 Å². The Morgan fingerprint density at radius 1 is 1.33 bits per heavy atom. The first-order valence-electron chi connectivity index (χ1n) is 7.54. The van der Waals surface area contributed by atoms with Crippen molar-refractivity contribution in [3.05, 3.63) is 35.4 Å². The molecule has 6 nitrogen and oxygen atoms in total. The van der Waals surface area contributed by atoms with Gasteiger partial charge in [-0.25, -0.2) is 8.78 Å². The lowest BCUT2D eigenvalue weighted by Crippen LogP contribution is -2.51. The monoisotopic (exact) mass is 342 g/mol. The van der Waals surface area contributed by atoms with E-state index in [1.807, 2.05) is 0 Å². The molecule has 24 heavy (non-hydrogen) atoms. The zero-order chi connectivity index (χ0) is 17.7. The van der Waals surface area contributed by atoms with E-state index in [1.165, 1.54) is 11.0 Å². The van der Waals surface area contributed by atoms with E-state index >= 15 is 0 Å². The number of nitrogens with zero attached hydrogens (tertiary/aromatic N) is 1. The second-order valence-electron chi connectivity index (χ2n) is 5.68. The predicted octanol–water partition coefficient (Wildman–Crippen LogP) is 0.957. The van der Waals surface area contributed by atoms with Crippen LogP contribution in [0.25, 0.3) is 0 Å². The molecule has 1 aliphatic heterocycles. The Bertz CT molecular complexity index is 589. The third-order valence-corrected chi connectivity index (χ3v) is 3.73. The van der Waals surface area contributed by atoms with Crippen LogP contribution in [0.1, 0.15) is 16.8 Å². The van der Waals surface area contributed by atoms with Gasteiger partial charge in [0.05, 0.1) is 12.6 Å². The fourth-order valence-electron chi connectivity index (χ4n) is 2.30. The summed E-state index contributed by atoms with van der Waals surface area (Å²) in [6.07, 6.45) is -0.149. The van der Waals surface area contributed by atoms with Gasteiger partial charge in [-0.1, -0.05) is 6.07 Å². The van der Waals surface area contributed by atoms with E-state index in [1.54, 1.807) is 14.1 Å². The van der Waals surface area contributed by atoms with Crippen LogP contribution >= 0.6 is 0 Å². The summed E-state index contributed by atoms with van der Waals surface area (Å²) in [7, 11) is 3.20. The first-order chi connectivity index (χ1) is 11.4. The van der Waals surface area contributed by atoms with E-state index in [0.717, 1.165) is 12.1 Å². The number of ether oxygens (including phenoxy) is 2. The van der Waals surface area contributed by atoms with Crippen molar-refractivity contribution in [3.63, 3.8) is 0 Å². The first kappa shape index (κ1) is 18.3. The normalized spacial score (nSPS) is 20.5. The molecule has 1 aliphatic rings. The number of carbonyl (C=O) groups excluding carboxylic acids is 2. The van der Waals surface area contributed by atoms with Crippen LogP contribution < -0.4 is 5.32 Å². The molecule has 2 atom stereocenters. The molecule has 1 aromatic carbocycles. The lowest BCUT2D eigenvalue weighted by Gasteiger charge is -2.32. The lowest BCUT2D eigenvalue weighted by molar-refractivity contribution is -0.140. The largest absolute Gasteiger partial charge is 0.379 e. The van der Waals surface area contributed by atoms with Crippen LogP contribution in [0.4, 0.5) is 8.78 Å². The highest BCUT2D eigenvalue weighted by atomic mass is 19.1. The van der Waals surface area contributed by atoms with E-state index in [0.29, 0.717) is 13.0 Å². The van der Waals surface area contributed by atoms with Gasteiger partial charge >= 0.3 is 0 Å². The number of halogens is 2. The van der Waals surface area contributed by atoms with E-state index in [9.17, 15) is 18.4 Å². The number of hydrogen-bond acceptors (Lipinski definition) is 4. The molecule has 1 saturated heterocycles. The fourth-order valence-corrected chi connectivity index (χ4v) is 2.30. The van der Waals surface area contributed by atoms with E-state index in [2.05, 4.69) is 5.32 Å². The Balaban J connectivity index is 2.02. The molecular formula is C16H20F2N2O4. The molecule has 1 N–H and O–H groups in total. The minimum Gasteiger partial charge on any atom is -0.379 e. The fraction of sp³-hybridized carbons (Fsp3) is 0.500. The Morgan fingerprint density at radius 3 is 2.62 bits per heavy atom. The molecule has 132 valence electrons. The Kier molecular flexibility index (Phi) is 6.22. The van der Waals surface area contributed by atoms with Crippen molar-refractivity contribution >= 4 is 11.8 Å². The third kappa shape index (κ3) is 4.48.